The lowest BCUT2D eigenvalue weighted by molar-refractivity contribution is -0.164. The molecule has 0 amide bonds. The Labute approximate surface area is 105 Å². The molecule has 1 aromatic carbocycles. The lowest BCUT2D eigenvalue weighted by Crippen LogP contribution is -2.28. The maximum atomic E-state index is 13.3. The van der Waals surface area contributed by atoms with Gasteiger partial charge >= 0.3 is 11.9 Å². The van der Waals surface area contributed by atoms with Gasteiger partial charge in [0.2, 0.25) is 0 Å². The Bertz CT molecular complexity index is 422. The van der Waals surface area contributed by atoms with Gasteiger partial charge in [0.25, 0.3) is 0 Å². The highest BCUT2D eigenvalue weighted by atomic mass is 19.3. The minimum Gasteiger partial charge on any atom is -0.461 e. The number of hydrogen-bond donors (Lipinski definition) is 0. The van der Waals surface area contributed by atoms with Crippen LogP contribution in [0, 0.1) is 0 Å². The molecule has 0 aliphatic heterocycles. The molecule has 18 heavy (non-hydrogen) atoms. The second kappa shape index (κ2) is 6.28. The van der Waals surface area contributed by atoms with Crippen molar-refractivity contribution in [2.45, 2.75) is 26.2 Å². The maximum absolute atomic E-state index is 13.3. The molecule has 0 fully saturated rings. The van der Waals surface area contributed by atoms with Crippen molar-refractivity contribution >= 4 is 12.0 Å². The van der Waals surface area contributed by atoms with E-state index < -0.39 is 11.9 Å². The summed E-state index contributed by atoms with van der Waals surface area (Å²) >= 11 is 0. The molecular formula is C14H16F2O2. The summed E-state index contributed by atoms with van der Waals surface area (Å²) in [5.41, 5.74) is 1.75. The van der Waals surface area contributed by atoms with E-state index in [1.807, 2.05) is 19.1 Å². The zero-order valence-corrected chi connectivity index (χ0v) is 10.5. The summed E-state index contributed by atoms with van der Waals surface area (Å²) in [6.45, 7) is 3.44. The predicted molar refractivity (Wildman–Crippen MR) is 66.4 cm³/mol. The van der Waals surface area contributed by atoms with Gasteiger partial charge in [-0.25, -0.2) is 4.79 Å². The van der Waals surface area contributed by atoms with Crippen LogP contribution in [0.4, 0.5) is 8.78 Å². The Morgan fingerprint density at radius 3 is 2.39 bits per heavy atom. The van der Waals surface area contributed by atoms with Crippen molar-refractivity contribution in [3.05, 3.63) is 41.5 Å². The summed E-state index contributed by atoms with van der Waals surface area (Å²) in [4.78, 5) is 11.0. The number of benzene rings is 1. The minimum atomic E-state index is -3.58. The van der Waals surface area contributed by atoms with Crippen LogP contribution in [0.25, 0.3) is 6.08 Å². The van der Waals surface area contributed by atoms with Gasteiger partial charge in [-0.05, 0) is 30.5 Å². The Balaban J connectivity index is 2.75. The number of halogens is 2. The van der Waals surface area contributed by atoms with Gasteiger partial charge in [0.05, 0.1) is 6.61 Å². The highest BCUT2D eigenvalue weighted by Gasteiger charge is 2.37. The summed E-state index contributed by atoms with van der Waals surface area (Å²) in [6.07, 6.45) is 2.67. The minimum absolute atomic E-state index is 0.0620. The smallest absolute Gasteiger partial charge is 0.381 e. The maximum Gasteiger partial charge on any atom is 0.381 e. The SMILES string of the molecule is CCOC(=O)C(F)(F)/C=C\c1ccc(CC)cc1. The van der Waals surface area contributed by atoms with E-state index in [2.05, 4.69) is 4.74 Å². The van der Waals surface area contributed by atoms with Crippen LogP contribution >= 0.6 is 0 Å². The highest BCUT2D eigenvalue weighted by molar-refractivity contribution is 5.81. The average Bonchev–Trinajstić information content (AvgIpc) is 2.37. The standard InChI is InChI=1S/C14H16F2O2/c1-3-11-5-7-12(8-6-11)9-10-14(15,16)13(17)18-4-2/h5-10H,3-4H2,1-2H3/b10-9-. The molecule has 0 N–H and O–H groups in total. The Morgan fingerprint density at radius 1 is 1.28 bits per heavy atom. The van der Waals surface area contributed by atoms with Crippen molar-refractivity contribution in [2.75, 3.05) is 6.61 Å². The number of hydrogen-bond acceptors (Lipinski definition) is 2. The van der Waals surface area contributed by atoms with Gasteiger partial charge in [0.1, 0.15) is 0 Å². The van der Waals surface area contributed by atoms with E-state index in [0.29, 0.717) is 11.6 Å². The van der Waals surface area contributed by atoms with E-state index >= 15 is 0 Å². The van der Waals surface area contributed by atoms with Crippen molar-refractivity contribution in [3.8, 4) is 0 Å². The molecule has 0 radical (unpaired) electrons. The summed E-state index contributed by atoms with van der Waals surface area (Å²) in [5.74, 6) is -5.11. The monoisotopic (exact) mass is 254 g/mol. The second-order valence-corrected chi connectivity index (χ2v) is 3.77. The number of carbonyl (C=O) groups is 1. The molecule has 1 rings (SSSR count). The molecule has 1 aromatic rings. The highest BCUT2D eigenvalue weighted by Crippen LogP contribution is 2.19. The molecule has 0 atom stereocenters. The molecule has 0 aliphatic carbocycles. The second-order valence-electron chi connectivity index (χ2n) is 3.77. The number of ether oxygens (including phenoxy) is 1. The van der Waals surface area contributed by atoms with E-state index in [4.69, 9.17) is 0 Å². The van der Waals surface area contributed by atoms with E-state index in [9.17, 15) is 13.6 Å². The van der Waals surface area contributed by atoms with Crippen LogP contribution in [-0.2, 0) is 16.0 Å². The third-order valence-corrected chi connectivity index (χ3v) is 2.42. The first-order valence-electron chi connectivity index (χ1n) is 5.82. The zero-order chi connectivity index (χ0) is 13.6. The zero-order valence-electron chi connectivity index (χ0n) is 10.5. The van der Waals surface area contributed by atoms with Crippen LogP contribution < -0.4 is 0 Å². The van der Waals surface area contributed by atoms with Crippen molar-refractivity contribution in [1.29, 1.82) is 0 Å². The van der Waals surface area contributed by atoms with E-state index in [1.54, 1.807) is 12.1 Å². The van der Waals surface area contributed by atoms with Crippen molar-refractivity contribution in [1.82, 2.24) is 0 Å². The van der Waals surface area contributed by atoms with E-state index in [1.165, 1.54) is 13.0 Å². The van der Waals surface area contributed by atoms with Crippen molar-refractivity contribution in [3.63, 3.8) is 0 Å². The Morgan fingerprint density at radius 2 is 1.89 bits per heavy atom. The molecule has 0 saturated heterocycles. The first-order valence-corrected chi connectivity index (χ1v) is 5.82. The number of alkyl halides is 2. The average molecular weight is 254 g/mol. The van der Waals surface area contributed by atoms with Crippen LogP contribution in [0.2, 0.25) is 0 Å². The van der Waals surface area contributed by atoms with E-state index in [0.717, 1.165) is 12.0 Å². The molecular weight excluding hydrogens is 238 g/mol. The molecule has 0 spiro atoms. The van der Waals surface area contributed by atoms with Gasteiger partial charge in [-0.15, -0.1) is 0 Å². The van der Waals surface area contributed by atoms with E-state index in [-0.39, 0.29) is 6.61 Å². The van der Waals surface area contributed by atoms with Crippen LogP contribution in [0.3, 0.4) is 0 Å². The van der Waals surface area contributed by atoms with Crippen molar-refractivity contribution in [2.24, 2.45) is 0 Å². The lowest BCUT2D eigenvalue weighted by Gasteiger charge is -2.09. The predicted octanol–water partition coefficient (Wildman–Crippen LogP) is 3.46. The Hall–Kier alpha value is -1.71. The molecule has 0 bridgehead atoms. The van der Waals surface area contributed by atoms with Crippen LogP contribution in [0.5, 0.6) is 0 Å². The Kier molecular flexibility index (Phi) is 5.01. The summed E-state index contributed by atoms with van der Waals surface area (Å²) in [5, 5.41) is 0. The van der Waals surface area contributed by atoms with Crippen molar-refractivity contribution < 1.29 is 18.3 Å². The third-order valence-electron chi connectivity index (χ3n) is 2.42. The van der Waals surface area contributed by atoms with Gasteiger partial charge in [0.15, 0.2) is 0 Å². The quantitative estimate of drug-likeness (QED) is 0.752. The first kappa shape index (κ1) is 14.4. The number of aryl methyl sites for hydroxylation is 1. The first-order chi connectivity index (χ1) is 8.49. The summed E-state index contributed by atoms with van der Waals surface area (Å²) < 4.78 is 30.8. The van der Waals surface area contributed by atoms with Gasteiger partial charge in [-0.3, -0.25) is 0 Å². The third kappa shape index (κ3) is 3.95. The number of carbonyl (C=O) groups excluding carboxylic acids is 1. The summed E-state index contributed by atoms with van der Waals surface area (Å²) in [7, 11) is 0. The fourth-order valence-electron chi connectivity index (χ4n) is 1.36. The molecule has 0 saturated carbocycles. The van der Waals surface area contributed by atoms with Gasteiger partial charge < -0.3 is 4.74 Å². The molecule has 98 valence electrons. The molecule has 4 heteroatoms. The molecule has 0 unspecified atom stereocenters. The molecule has 0 heterocycles. The molecule has 0 aromatic heterocycles. The fraction of sp³-hybridized carbons (Fsp3) is 0.357. The molecule has 2 nitrogen and oxygen atoms in total. The topological polar surface area (TPSA) is 26.3 Å². The van der Waals surface area contributed by atoms with Gasteiger partial charge in [-0.2, -0.15) is 8.78 Å². The van der Waals surface area contributed by atoms with Gasteiger partial charge in [0, 0.05) is 0 Å². The largest absolute Gasteiger partial charge is 0.461 e. The lowest BCUT2D eigenvalue weighted by atomic mass is 10.1. The van der Waals surface area contributed by atoms with Crippen LogP contribution in [-0.4, -0.2) is 18.5 Å². The molecule has 0 aliphatic rings. The number of rotatable bonds is 5. The van der Waals surface area contributed by atoms with Gasteiger partial charge in [-0.1, -0.05) is 37.3 Å². The van der Waals surface area contributed by atoms with Crippen LogP contribution in [0.1, 0.15) is 25.0 Å². The fourth-order valence-corrected chi connectivity index (χ4v) is 1.36. The number of esters is 1. The normalized spacial score (nSPS) is 11.8. The van der Waals surface area contributed by atoms with Crippen LogP contribution in [0.15, 0.2) is 30.3 Å². The summed E-state index contributed by atoms with van der Waals surface area (Å²) in [6, 6.07) is 7.19.